The normalized spacial score (nSPS) is 14.9. The fourth-order valence-corrected chi connectivity index (χ4v) is 2.49. The Balaban J connectivity index is 2.51. The maximum Gasteiger partial charge on any atom is 0.534 e. The predicted molar refractivity (Wildman–Crippen MR) is 66.6 cm³/mol. The molecule has 0 fully saturated rings. The van der Waals surface area contributed by atoms with Crippen molar-refractivity contribution in [2.45, 2.75) is 32.4 Å². The van der Waals surface area contributed by atoms with Crippen LogP contribution < -0.4 is 4.18 Å². The van der Waals surface area contributed by atoms with Crippen molar-refractivity contribution < 1.29 is 35.7 Å². The lowest BCUT2D eigenvalue weighted by atomic mass is 10.1. The zero-order valence-corrected chi connectivity index (χ0v) is 12.2. The van der Waals surface area contributed by atoms with Crippen molar-refractivity contribution in [3.63, 3.8) is 0 Å². The quantitative estimate of drug-likeness (QED) is 0.653. The third kappa shape index (κ3) is 2.67. The number of hydrogen-bond donors (Lipinski definition) is 1. The molecule has 2 heterocycles. The zero-order valence-electron chi connectivity index (χ0n) is 11.4. The number of pyridine rings is 1. The molecule has 1 aromatic rings. The van der Waals surface area contributed by atoms with Gasteiger partial charge in [0.05, 0.1) is 13.1 Å². The van der Waals surface area contributed by atoms with Gasteiger partial charge in [0.25, 0.3) is 0 Å². The number of alkyl halides is 3. The Kier molecular flexibility index (Phi) is 3.71. The van der Waals surface area contributed by atoms with E-state index in [0.717, 1.165) is 4.90 Å². The number of rotatable bonds is 2. The van der Waals surface area contributed by atoms with Gasteiger partial charge in [0.15, 0.2) is 0 Å². The molecule has 22 heavy (non-hydrogen) atoms. The zero-order chi connectivity index (χ0) is 16.9. The summed E-state index contributed by atoms with van der Waals surface area (Å²) in [6, 6.07) is 0. The van der Waals surface area contributed by atoms with E-state index in [9.17, 15) is 26.4 Å². The van der Waals surface area contributed by atoms with Crippen LogP contribution in [-0.2, 0) is 23.2 Å². The smallest absolute Gasteiger partial charge is 0.465 e. The number of aromatic nitrogens is 1. The molecule has 1 amide bonds. The average molecular weight is 340 g/mol. The van der Waals surface area contributed by atoms with Crippen molar-refractivity contribution in [3.05, 3.63) is 22.4 Å². The topological polar surface area (TPSA) is 96.8 Å². The lowest BCUT2D eigenvalue weighted by Gasteiger charge is -2.13. The average Bonchev–Trinajstić information content (AvgIpc) is 2.79. The van der Waals surface area contributed by atoms with E-state index in [1.807, 2.05) is 0 Å². The van der Waals surface area contributed by atoms with Crippen molar-refractivity contribution in [1.82, 2.24) is 9.88 Å². The van der Waals surface area contributed by atoms with Gasteiger partial charge in [-0.15, -0.1) is 0 Å². The molecular formula is C11H11F3N2O5S. The van der Waals surface area contributed by atoms with Gasteiger partial charge in [0.2, 0.25) is 5.88 Å². The molecule has 0 bridgehead atoms. The summed E-state index contributed by atoms with van der Waals surface area (Å²) >= 11 is 0. The van der Waals surface area contributed by atoms with Crippen LogP contribution in [0.2, 0.25) is 0 Å². The molecule has 1 N–H and O–H groups in total. The minimum Gasteiger partial charge on any atom is -0.465 e. The van der Waals surface area contributed by atoms with E-state index in [1.165, 1.54) is 6.92 Å². The molecule has 0 spiro atoms. The predicted octanol–water partition coefficient (Wildman–Crippen LogP) is 1.92. The highest BCUT2D eigenvalue weighted by atomic mass is 32.2. The SMILES string of the molecule is Cc1nc(OS(=O)(=O)C(F)(F)F)c2c(c1C)CN(C(=O)O)C2. The molecular weight excluding hydrogens is 329 g/mol. The van der Waals surface area contributed by atoms with Crippen LogP contribution in [-0.4, -0.2) is 35.0 Å². The van der Waals surface area contributed by atoms with Crippen LogP contribution in [0.25, 0.3) is 0 Å². The highest BCUT2D eigenvalue weighted by Crippen LogP contribution is 2.35. The number of carboxylic acid groups (broad SMARTS) is 1. The highest BCUT2D eigenvalue weighted by Gasteiger charge is 2.49. The van der Waals surface area contributed by atoms with Crippen molar-refractivity contribution in [2.24, 2.45) is 0 Å². The van der Waals surface area contributed by atoms with Crippen LogP contribution in [0.4, 0.5) is 18.0 Å². The Hall–Kier alpha value is -2.04. The molecule has 0 unspecified atom stereocenters. The summed E-state index contributed by atoms with van der Waals surface area (Å²) < 4.78 is 63.6. The fourth-order valence-electron chi connectivity index (χ4n) is 2.05. The van der Waals surface area contributed by atoms with Crippen LogP contribution in [0.5, 0.6) is 5.88 Å². The molecule has 0 atom stereocenters. The summed E-state index contributed by atoms with van der Waals surface area (Å²) in [7, 11) is -5.87. The second-order valence-electron chi connectivity index (χ2n) is 4.71. The summed E-state index contributed by atoms with van der Waals surface area (Å²) in [5, 5.41) is 8.96. The van der Waals surface area contributed by atoms with E-state index in [2.05, 4.69) is 9.17 Å². The number of hydrogen-bond acceptors (Lipinski definition) is 5. The van der Waals surface area contributed by atoms with Gasteiger partial charge in [-0.25, -0.2) is 9.78 Å². The number of fused-ring (bicyclic) bond motifs is 1. The molecule has 0 saturated carbocycles. The van der Waals surface area contributed by atoms with Crippen molar-refractivity contribution >= 4 is 16.2 Å². The van der Waals surface area contributed by atoms with Crippen LogP contribution in [0.1, 0.15) is 22.4 Å². The number of halogens is 3. The van der Waals surface area contributed by atoms with Crippen molar-refractivity contribution in [1.29, 1.82) is 0 Å². The summed E-state index contributed by atoms with van der Waals surface area (Å²) in [6.45, 7) is 2.73. The Morgan fingerprint density at radius 1 is 1.27 bits per heavy atom. The number of aryl methyl sites for hydroxylation is 1. The third-order valence-electron chi connectivity index (χ3n) is 3.33. The fraction of sp³-hybridized carbons (Fsp3) is 0.455. The monoisotopic (exact) mass is 340 g/mol. The molecule has 1 aromatic heterocycles. The maximum absolute atomic E-state index is 12.4. The minimum absolute atomic E-state index is 0.0262. The molecule has 7 nitrogen and oxygen atoms in total. The third-order valence-corrected chi connectivity index (χ3v) is 4.27. The van der Waals surface area contributed by atoms with Crippen molar-refractivity contribution in [2.75, 3.05) is 0 Å². The van der Waals surface area contributed by atoms with Crippen molar-refractivity contribution in [3.8, 4) is 5.88 Å². The number of carbonyl (C=O) groups is 1. The lowest BCUT2D eigenvalue weighted by Crippen LogP contribution is -2.29. The Morgan fingerprint density at radius 2 is 1.82 bits per heavy atom. The first-order chi connectivity index (χ1) is 9.94. The largest absolute Gasteiger partial charge is 0.534 e. The molecule has 1 aliphatic rings. The molecule has 11 heteroatoms. The minimum atomic E-state index is -5.87. The first-order valence-electron chi connectivity index (χ1n) is 5.91. The van der Waals surface area contributed by atoms with Gasteiger partial charge in [-0.2, -0.15) is 21.6 Å². The van der Waals surface area contributed by atoms with Crippen LogP contribution >= 0.6 is 0 Å². The number of nitrogens with zero attached hydrogens (tertiary/aromatic N) is 2. The standard InChI is InChI=1S/C11H11F3N2O5S/c1-5-6(2)15-9(21-22(19,20)11(12,13)14)8-4-16(10(17)18)3-7(5)8/h3-4H2,1-2H3,(H,17,18). The summed E-state index contributed by atoms with van der Waals surface area (Å²) in [4.78, 5) is 15.6. The van der Waals surface area contributed by atoms with Crippen LogP contribution in [0.3, 0.4) is 0 Å². The van der Waals surface area contributed by atoms with Gasteiger partial charge in [-0.3, -0.25) is 4.90 Å². The first-order valence-corrected chi connectivity index (χ1v) is 7.32. The molecule has 1 aliphatic heterocycles. The van der Waals surface area contributed by atoms with Gasteiger partial charge in [-0.1, -0.05) is 0 Å². The molecule has 2 rings (SSSR count). The lowest BCUT2D eigenvalue weighted by molar-refractivity contribution is -0.0501. The molecule has 0 aliphatic carbocycles. The Labute approximate surface area is 123 Å². The van der Waals surface area contributed by atoms with E-state index < -0.39 is 27.6 Å². The van der Waals surface area contributed by atoms with Gasteiger partial charge in [0.1, 0.15) is 0 Å². The van der Waals surface area contributed by atoms with E-state index in [1.54, 1.807) is 6.92 Å². The van der Waals surface area contributed by atoms with Gasteiger partial charge in [0, 0.05) is 11.3 Å². The van der Waals surface area contributed by atoms with Crippen LogP contribution in [0, 0.1) is 13.8 Å². The van der Waals surface area contributed by atoms with Gasteiger partial charge >= 0.3 is 21.7 Å². The Morgan fingerprint density at radius 3 is 2.32 bits per heavy atom. The van der Waals surface area contributed by atoms with Gasteiger partial charge < -0.3 is 9.29 Å². The molecule has 0 saturated heterocycles. The first kappa shape index (κ1) is 16.3. The van der Waals surface area contributed by atoms with Crippen LogP contribution in [0.15, 0.2) is 0 Å². The molecule has 122 valence electrons. The molecule has 0 aromatic carbocycles. The van der Waals surface area contributed by atoms with E-state index in [-0.39, 0.29) is 24.3 Å². The molecule has 0 radical (unpaired) electrons. The van der Waals surface area contributed by atoms with Gasteiger partial charge in [-0.05, 0) is 25.0 Å². The second kappa shape index (κ2) is 5.00. The van der Waals surface area contributed by atoms with E-state index in [0.29, 0.717) is 11.1 Å². The summed E-state index contributed by atoms with van der Waals surface area (Å²) in [5.41, 5.74) is -4.32. The van der Waals surface area contributed by atoms with E-state index in [4.69, 9.17) is 5.11 Å². The summed E-state index contributed by atoms with van der Waals surface area (Å²) in [5.74, 6) is -0.737. The van der Waals surface area contributed by atoms with E-state index >= 15 is 0 Å². The maximum atomic E-state index is 12.4. The second-order valence-corrected chi connectivity index (χ2v) is 6.24. The number of amides is 1. The Bertz CT molecular complexity index is 745. The summed E-state index contributed by atoms with van der Waals surface area (Å²) in [6.07, 6.45) is -1.28. The highest BCUT2D eigenvalue weighted by molar-refractivity contribution is 7.87.